The first-order valence-electron chi connectivity index (χ1n) is 8.18. The lowest BCUT2D eigenvalue weighted by Crippen LogP contribution is -2.39. The summed E-state index contributed by atoms with van der Waals surface area (Å²) in [4.78, 5) is 11.9. The first-order chi connectivity index (χ1) is 11.7. The molecule has 1 aliphatic heterocycles. The molecule has 2 aromatic rings. The van der Waals surface area contributed by atoms with Gasteiger partial charge < -0.3 is 15.4 Å². The minimum absolute atomic E-state index is 0. The summed E-state index contributed by atoms with van der Waals surface area (Å²) >= 11 is 0. The van der Waals surface area contributed by atoms with Gasteiger partial charge in [-0.25, -0.2) is 4.39 Å². The van der Waals surface area contributed by atoms with E-state index in [0.29, 0.717) is 18.9 Å². The standard InChI is InChI=1S/C19H21FN2O2.ClH/c20-16-4-1-3-15(11-16)13-24-17-8-6-14(7-9-17)12-22-19(23)18-5-2-10-21-18;/h1,3-4,6-9,11,18,21H,2,5,10,12-13H2,(H,22,23);1H. The Kier molecular flexibility index (Phi) is 7.22. The monoisotopic (exact) mass is 364 g/mol. The van der Waals surface area contributed by atoms with E-state index in [4.69, 9.17) is 4.74 Å². The molecule has 1 aliphatic rings. The highest BCUT2D eigenvalue weighted by Crippen LogP contribution is 2.15. The second kappa shape index (κ2) is 9.39. The van der Waals surface area contributed by atoms with Crippen LogP contribution in [0.1, 0.15) is 24.0 Å². The molecule has 1 heterocycles. The summed E-state index contributed by atoms with van der Waals surface area (Å²) in [6, 6.07) is 13.9. The third kappa shape index (κ3) is 5.73. The fourth-order valence-corrected chi connectivity index (χ4v) is 2.72. The molecule has 2 aromatic carbocycles. The van der Waals surface area contributed by atoms with Gasteiger partial charge in [0.25, 0.3) is 0 Å². The topological polar surface area (TPSA) is 50.4 Å². The van der Waals surface area contributed by atoms with E-state index in [2.05, 4.69) is 10.6 Å². The van der Waals surface area contributed by atoms with Crippen LogP contribution in [0.15, 0.2) is 48.5 Å². The highest BCUT2D eigenvalue weighted by atomic mass is 35.5. The predicted molar refractivity (Wildman–Crippen MR) is 97.3 cm³/mol. The van der Waals surface area contributed by atoms with Crippen LogP contribution >= 0.6 is 12.4 Å². The molecule has 134 valence electrons. The Morgan fingerprint density at radius 2 is 2.00 bits per heavy atom. The van der Waals surface area contributed by atoms with E-state index in [1.54, 1.807) is 6.07 Å². The maximum Gasteiger partial charge on any atom is 0.237 e. The third-order valence-corrected chi connectivity index (χ3v) is 4.06. The zero-order valence-electron chi connectivity index (χ0n) is 13.8. The SMILES string of the molecule is Cl.O=C(NCc1ccc(OCc2cccc(F)c2)cc1)C1CCCN1. The van der Waals surface area contributed by atoms with E-state index in [-0.39, 0.29) is 30.2 Å². The van der Waals surface area contributed by atoms with Gasteiger partial charge in [-0.05, 0) is 54.8 Å². The molecule has 1 amide bonds. The summed E-state index contributed by atoms with van der Waals surface area (Å²) in [5.74, 6) is 0.504. The summed E-state index contributed by atoms with van der Waals surface area (Å²) in [5, 5.41) is 6.12. The molecule has 1 saturated heterocycles. The van der Waals surface area contributed by atoms with E-state index in [0.717, 1.165) is 30.5 Å². The first kappa shape index (κ1) is 19.2. The second-order valence-electron chi connectivity index (χ2n) is 5.93. The van der Waals surface area contributed by atoms with Crippen molar-refractivity contribution in [1.29, 1.82) is 0 Å². The fourth-order valence-electron chi connectivity index (χ4n) is 2.72. The quantitative estimate of drug-likeness (QED) is 0.827. The van der Waals surface area contributed by atoms with Crippen molar-refractivity contribution in [3.05, 3.63) is 65.5 Å². The lowest BCUT2D eigenvalue weighted by atomic mass is 10.2. The van der Waals surface area contributed by atoms with Gasteiger partial charge in [-0.2, -0.15) is 0 Å². The number of hydrogen-bond acceptors (Lipinski definition) is 3. The number of hydrogen-bond donors (Lipinski definition) is 2. The Bertz CT molecular complexity index is 688. The van der Waals surface area contributed by atoms with Crippen LogP contribution in [0.5, 0.6) is 5.75 Å². The summed E-state index contributed by atoms with van der Waals surface area (Å²) in [6.45, 7) is 1.73. The molecule has 2 N–H and O–H groups in total. The molecule has 0 bridgehead atoms. The average Bonchev–Trinajstić information content (AvgIpc) is 3.13. The molecule has 0 spiro atoms. The van der Waals surface area contributed by atoms with Crippen molar-refractivity contribution in [2.45, 2.75) is 32.0 Å². The van der Waals surface area contributed by atoms with Crippen LogP contribution in [0.4, 0.5) is 4.39 Å². The highest BCUT2D eigenvalue weighted by Gasteiger charge is 2.21. The molecule has 0 aliphatic carbocycles. The smallest absolute Gasteiger partial charge is 0.237 e. The van der Waals surface area contributed by atoms with E-state index in [1.165, 1.54) is 12.1 Å². The minimum Gasteiger partial charge on any atom is -0.489 e. The van der Waals surface area contributed by atoms with Crippen LogP contribution in [0, 0.1) is 5.82 Å². The molecule has 0 saturated carbocycles. The Morgan fingerprint density at radius 1 is 1.20 bits per heavy atom. The van der Waals surface area contributed by atoms with Crippen LogP contribution in [0.2, 0.25) is 0 Å². The maximum atomic E-state index is 13.1. The first-order valence-corrected chi connectivity index (χ1v) is 8.18. The number of amides is 1. The predicted octanol–water partition coefficient (Wildman–Crippen LogP) is 3.19. The minimum atomic E-state index is -0.265. The third-order valence-electron chi connectivity index (χ3n) is 4.06. The maximum absolute atomic E-state index is 13.1. The van der Waals surface area contributed by atoms with E-state index >= 15 is 0 Å². The Morgan fingerprint density at radius 3 is 2.68 bits per heavy atom. The lowest BCUT2D eigenvalue weighted by molar-refractivity contribution is -0.122. The molecule has 0 aromatic heterocycles. The molecule has 1 unspecified atom stereocenters. The summed E-state index contributed by atoms with van der Waals surface area (Å²) in [7, 11) is 0. The van der Waals surface area contributed by atoms with Gasteiger partial charge in [-0.3, -0.25) is 4.79 Å². The van der Waals surface area contributed by atoms with Crippen molar-refractivity contribution in [2.24, 2.45) is 0 Å². The molecule has 4 nitrogen and oxygen atoms in total. The van der Waals surface area contributed by atoms with Crippen LogP contribution < -0.4 is 15.4 Å². The Balaban J connectivity index is 0.00000225. The molecule has 0 radical (unpaired) electrons. The van der Waals surface area contributed by atoms with Gasteiger partial charge in [0.05, 0.1) is 6.04 Å². The fraction of sp³-hybridized carbons (Fsp3) is 0.316. The van der Waals surface area contributed by atoms with E-state index in [1.807, 2.05) is 30.3 Å². The Labute approximate surface area is 153 Å². The number of carbonyl (C=O) groups is 1. The normalized spacial score (nSPS) is 16.1. The van der Waals surface area contributed by atoms with Crippen molar-refractivity contribution in [3.8, 4) is 5.75 Å². The molecule has 25 heavy (non-hydrogen) atoms. The molecule has 1 atom stereocenters. The number of ether oxygens (including phenoxy) is 1. The molecular formula is C19H22ClFN2O2. The number of carbonyl (C=O) groups excluding carboxylic acids is 1. The van der Waals surface area contributed by atoms with Crippen molar-refractivity contribution in [1.82, 2.24) is 10.6 Å². The zero-order chi connectivity index (χ0) is 16.8. The van der Waals surface area contributed by atoms with Gasteiger partial charge >= 0.3 is 0 Å². The summed E-state index contributed by atoms with van der Waals surface area (Å²) < 4.78 is 18.8. The van der Waals surface area contributed by atoms with E-state index in [9.17, 15) is 9.18 Å². The Hall–Kier alpha value is -2.11. The van der Waals surface area contributed by atoms with Crippen LogP contribution in [-0.4, -0.2) is 18.5 Å². The number of benzene rings is 2. The van der Waals surface area contributed by atoms with Crippen LogP contribution in [0.25, 0.3) is 0 Å². The number of halogens is 2. The average molecular weight is 365 g/mol. The number of rotatable bonds is 6. The molecule has 1 fully saturated rings. The van der Waals surface area contributed by atoms with Crippen molar-refractivity contribution >= 4 is 18.3 Å². The van der Waals surface area contributed by atoms with Gasteiger partial charge in [0, 0.05) is 6.54 Å². The van der Waals surface area contributed by atoms with E-state index < -0.39 is 0 Å². The largest absolute Gasteiger partial charge is 0.489 e. The van der Waals surface area contributed by atoms with Crippen molar-refractivity contribution in [2.75, 3.05) is 6.54 Å². The van der Waals surface area contributed by atoms with Crippen molar-refractivity contribution in [3.63, 3.8) is 0 Å². The summed E-state index contributed by atoms with van der Waals surface area (Å²) in [5.41, 5.74) is 1.80. The van der Waals surface area contributed by atoms with Crippen LogP contribution in [-0.2, 0) is 17.9 Å². The van der Waals surface area contributed by atoms with Gasteiger partial charge in [-0.15, -0.1) is 12.4 Å². The lowest BCUT2D eigenvalue weighted by Gasteiger charge is -2.11. The highest BCUT2D eigenvalue weighted by molar-refractivity contribution is 5.85. The number of nitrogens with one attached hydrogen (secondary N) is 2. The van der Waals surface area contributed by atoms with Crippen molar-refractivity contribution < 1.29 is 13.9 Å². The molecular weight excluding hydrogens is 343 g/mol. The van der Waals surface area contributed by atoms with Gasteiger partial charge in [0.1, 0.15) is 18.2 Å². The second-order valence-corrected chi connectivity index (χ2v) is 5.93. The van der Waals surface area contributed by atoms with Gasteiger partial charge in [-0.1, -0.05) is 24.3 Å². The summed E-state index contributed by atoms with van der Waals surface area (Å²) in [6.07, 6.45) is 1.95. The molecule has 3 rings (SSSR count). The molecule has 6 heteroatoms. The van der Waals surface area contributed by atoms with Gasteiger partial charge in [0.15, 0.2) is 0 Å². The van der Waals surface area contributed by atoms with Crippen LogP contribution in [0.3, 0.4) is 0 Å². The zero-order valence-corrected chi connectivity index (χ0v) is 14.7. The van der Waals surface area contributed by atoms with Gasteiger partial charge in [0.2, 0.25) is 5.91 Å².